The number of carboxylic acid groups (broad SMARTS) is 2. The maximum Gasteiger partial charge on any atom is 0.348 e. The zero-order valence-electron chi connectivity index (χ0n) is 11.9. The maximum atomic E-state index is 11.4. The predicted octanol–water partition coefficient (Wildman–Crippen LogP) is 3.50. The van der Waals surface area contributed by atoms with Crippen LogP contribution in [0.1, 0.15) is 45.8 Å². The van der Waals surface area contributed by atoms with E-state index in [0.717, 1.165) is 11.3 Å². The summed E-state index contributed by atoms with van der Waals surface area (Å²) in [6.07, 6.45) is 0. The monoisotopic (exact) mass is 305 g/mol. The smallest absolute Gasteiger partial charge is 0.348 e. The molecule has 0 aliphatic rings. The average Bonchev–Trinajstić information content (AvgIpc) is 2.84. The third-order valence-electron chi connectivity index (χ3n) is 2.85. The number of nitrogens with zero attached hydrogens (tertiary/aromatic N) is 1. The lowest BCUT2D eigenvalue weighted by atomic mass is 9.98. The summed E-state index contributed by atoms with van der Waals surface area (Å²) < 4.78 is 0. The average molecular weight is 305 g/mol. The van der Waals surface area contributed by atoms with Gasteiger partial charge < -0.3 is 10.2 Å². The van der Waals surface area contributed by atoms with E-state index < -0.39 is 11.9 Å². The van der Waals surface area contributed by atoms with E-state index in [0.29, 0.717) is 16.3 Å². The molecule has 0 aliphatic heterocycles. The molecule has 6 heteroatoms. The predicted molar refractivity (Wildman–Crippen MR) is 80.2 cm³/mol. The molecule has 0 saturated carbocycles. The van der Waals surface area contributed by atoms with Crippen LogP contribution in [-0.2, 0) is 5.41 Å². The Morgan fingerprint density at radius 2 is 1.81 bits per heavy atom. The maximum absolute atomic E-state index is 11.4. The molecule has 2 N–H and O–H groups in total. The summed E-state index contributed by atoms with van der Waals surface area (Å²) in [5.41, 5.74) is 0.658. The molecule has 0 saturated heterocycles. The molecule has 0 radical (unpaired) electrons. The van der Waals surface area contributed by atoms with Crippen LogP contribution in [0, 0.1) is 0 Å². The summed E-state index contributed by atoms with van der Waals surface area (Å²) in [7, 11) is 0. The number of aromatic nitrogens is 1. The van der Waals surface area contributed by atoms with Crippen molar-refractivity contribution in [2.45, 2.75) is 26.2 Å². The van der Waals surface area contributed by atoms with Crippen molar-refractivity contribution in [3.05, 3.63) is 39.7 Å². The van der Waals surface area contributed by atoms with Crippen LogP contribution >= 0.6 is 11.3 Å². The van der Waals surface area contributed by atoms with E-state index in [1.54, 1.807) is 12.1 Å². The van der Waals surface area contributed by atoms with E-state index in [1.165, 1.54) is 12.1 Å². The van der Waals surface area contributed by atoms with Crippen molar-refractivity contribution in [1.82, 2.24) is 4.98 Å². The van der Waals surface area contributed by atoms with Crippen molar-refractivity contribution in [3.8, 4) is 11.3 Å². The third-order valence-corrected chi connectivity index (χ3v) is 4.32. The van der Waals surface area contributed by atoms with Gasteiger partial charge in [0.15, 0.2) is 0 Å². The number of hydrogen-bond donors (Lipinski definition) is 2. The molecule has 0 bridgehead atoms. The Morgan fingerprint density at radius 1 is 1.14 bits per heavy atom. The van der Waals surface area contributed by atoms with Gasteiger partial charge in [0.05, 0.1) is 16.3 Å². The molecule has 0 amide bonds. The van der Waals surface area contributed by atoms with Crippen LogP contribution in [0.2, 0.25) is 0 Å². The zero-order chi connectivity index (χ0) is 15.8. The van der Waals surface area contributed by atoms with Crippen molar-refractivity contribution in [3.63, 3.8) is 0 Å². The fraction of sp³-hybridized carbons (Fsp3) is 0.267. The number of thiazole rings is 1. The molecule has 2 aromatic rings. The minimum atomic E-state index is -1.06. The van der Waals surface area contributed by atoms with Crippen molar-refractivity contribution in [1.29, 1.82) is 0 Å². The molecule has 0 aliphatic carbocycles. The van der Waals surface area contributed by atoms with Gasteiger partial charge in [0, 0.05) is 11.0 Å². The van der Waals surface area contributed by atoms with Gasteiger partial charge in [-0.15, -0.1) is 11.3 Å². The Labute approximate surface area is 125 Å². The molecule has 0 unspecified atom stereocenters. The van der Waals surface area contributed by atoms with Crippen molar-refractivity contribution >= 4 is 23.3 Å². The van der Waals surface area contributed by atoms with Gasteiger partial charge in [-0.1, -0.05) is 32.9 Å². The lowest BCUT2D eigenvalue weighted by Gasteiger charge is -2.13. The van der Waals surface area contributed by atoms with Gasteiger partial charge in [0.25, 0.3) is 0 Å². The molecule has 21 heavy (non-hydrogen) atoms. The Hall–Kier alpha value is -2.21. The highest BCUT2D eigenvalue weighted by molar-refractivity contribution is 7.14. The van der Waals surface area contributed by atoms with E-state index in [9.17, 15) is 14.7 Å². The Bertz CT molecular complexity index is 713. The molecule has 1 aromatic heterocycles. The van der Waals surface area contributed by atoms with Crippen molar-refractivity contribution < 1.29 is 19.8 Å². The lowest BCUT2D eigenvalue weighted by Crippen LogP contribution is -2.10. The van der Waals surface area contributed by atoms with Gasteiger partial charge in [-0.2, -0.15) is 0 Å². The van der Waals surface area contributed by atoms with Crippen LogP contribution in [0.15, 0.2) is 24.3 Å². The largest absolute Gasteiger partial charge is 0.478 e. The summed E-state index contributed by atoms with van der Waals surface area (Å²) >= 11 is 1.13. The number of carbonyl (C=O) groups is 2. The molecular formula is C15H15NO4S. The molecule has 1 aromatic carbocycles. The highest BCUT2D eigenvalue weighted by atomic mass is 32.1. The minimum Gasteiger partial charge on any atom is -0.478 e. The van der Waals surface area contributed by atoms with Gasteiger partial charge in [-0.05, 0) is 12.1 Å². The van der Waals surface area contributed by atoms with Crippen LogP contribution in [0.25, 0.3) is 11.3 Å². The highest BCUT2D eigenvalue weighted by Crippen LogP contribution is 2.34. The normalized spacial score (nSPS) is 11.4. The van der Waals surface area contributed by atoms with E-state index in [1.807, 2.05) is 20.8 Å². The molecule has 0 fully saturated rings. The van der Waals surface area contributed by atoms with Crippen molar-refractivity contribution in [2.24, 2.45) is 0 Å². The first-order valence-corrected chi connectivity index (χ1v) is 7.10. The summed E-state index contributed by atoms with van der Waals surface area (Å²) in [5.74, 6) is -2.11. The second-order valence-electron chi connectivity index (χ2n) is 5.64. The van der Waals surface area contributed by atoms with Gasteiger partial charge in [0.1, 0.15) is 4.88 Å². The number of carboxylic acids is 2. The second kappa shape index (κ2) is 5.29. The fourth-order valence-corrected chi connectivity index (χ4v) is 2.77. The molecule has 0 atom stereocenters. The van der Waals surface area contributed by atoms with E-state index in [2.05, 4.69) is 4.98 Å². The fourth-order valence-electron chi connectivity index (χ4n) is 1.78. The highest BCUT2D eigenvalue weighted by Gasteiger charge is 2.25. The number of rotatable bonds is 3. The minimum absolute atomic E-state index is 0.106. The molecule has 110 valence electrons. The number of hydrogen-bond acceptors (Lipinski definition) is 4. The number of benzene rings is 1. The summed E-state index contributed by atoms with van der Waals surface area (Å²) in [4.78, 5) is 27.0. The van der Waals surface area contributed by atoms with Crippen LogP contribution in [-0.4, -0.2) is 27.1 Å². The second-order valence-corrected chi connectivity index (χ2v) is 6.64. The molecule has 2 rings (SSSR count). The van der Waals surface area contributed by atoms with Crippen LogP contribution < -0.4 is 0 Å². The topological polar surface area (TPSA) is 87.5 Å². The number of aromatic carboxylic acids is 2. The standard InChI is InChI=1S/C15H15NO4S/c1-15(2,3)14-16-10(11(21-14)13(19)20)8-5-4-6-9(7-8)12(17)18/h4-7H,1-3H3,(H,17,18)(H,19,20). The zero-order valence-corrected chi connectivity index (χ0v) is 12.7. The van der Waals surface area contributed by atoms with Crippen LogP contribution in [0.4, 0.5) is 0 Å². The first kappa shape index (κ1) is 15.2. The third kappa shape index (κ3) is 3.11. The summed E-state index contributed by atoms with van der Waals surface area (Å²) in [5, 5.41) is 19.1. The Kier molecular flexibility index (Phi) is 3.82. The molecule has 5 nitrogen and oxygen atoms in total. The van der Waals surface area contributed by atoms with E-state index in [4.69, 9.17) is 5.11 Å². The van der Waals surface area contributed by atoms with Gasteiger partial charge in [-0.25, -0.2) is 14.6 Å². The SMILES string of the molecule is CC(C)(C)c1nc(-c2cccc(C(=O)O)c2)c(C(=O)O)s1. The first-order chi connectivity index (χ1) is 9.70. The van der Waals surface area contributed by atoms with Crippen LogP contribution in [0.3, 0.4) is 0 Å². The summed E-state index contributed by atoms with van der Waals surface area (Å²) in [6, 6.07) is 6.15. The molecule has 1 heterocycles. The Balaban J connectivity index is 2.62. The molecular weight excluding hydrogens is 290 g/mol. The molecule has 0 spiro atoms. The van der Waals surface area contributed by atoms with E-state index >= 15 is 0 Å². The first-order valence-electron chi connectivity index (χ1n) is 6.28. The Morgan fingerprint density at radius 3 is 2.33 bits per heavy atom. The van der Waals surface area contributed by atoms with Crippen LogP contribution in [0.5, 0.6) is 0 Å². The van der Waals surface area contributed by atoms with Gasteiger partial charge >= 0.3 is 11.9 Å². The van der Waals surface area contributed by atoms with Gasteiger partial charge in [-0.3, -0.25) is 0 Å². The quantitative estimate of drug-likeness (QED) is 0.906. The van der Waals surface area contributed by atoms with E-state index in [-0.39, 0.29) is 15.9 Å². The van der Waals surface area contributed by atoms with Gasteiger partial charge in [0.2, 0.25) is 0 Å². The lowest BCUT2D eigenvalue weighted by molar-refractivity contribution is 0.0689. The summed E-state index contributed by atoms with van der Waals surface area (Å²) in [6.45, 7) is 5.86. The van der Waals surface area contributed by atoms with Crippen molar-refractivity contribution in [2.75, 3.05) is 0 Å².